The van der Waals surface area contributed by atoms with Crippen LogP contribution in [0, 0.1) is 0 Å². The molecule has 0 spiro atoms. The van der Waals surface area contributed by atoms with E-state index in [4.69, 9.17) is 0 Å². The zero-order chi connectivity index (χ0) is 18.4. The molecule has 0 unspecified atom stereocenters. The molecule has 0 aromatic carbocycles. The van der Waals surface area contributed by atoms with Gasteiger partial charge in [0.25, 0.3) is 0 Å². The Morgan fingerprint density at radius 3 is 1.40 bits per heavy atom. The van der Waals surface area contributed by atoms with Gasteiger partial charge in [-0.1, -0.05) is 104 Å². The fraction of sp³-hybridized carbons (Fsp3) is 0.917. The van der Waals surface area contributed by atoms with Crippen LogP contribution in [0.1, 0.15) is 124 Å². The molecule has 1 nitrogen and oxygen atoms in total. The molecule has 0 heterocycles. The van der Waals surface area contributed by atoms with E-state index in [1.807, 2.05) is 0 Å². The Morgan fingerprint density at radius 1 is 0.440 bits per heavy atom. The first kappa shape index (κ1) is 24.7. The van der Waals surface area contributed by atoms with Crippen molar-refractivity contribution in [2.75, 3.05) is 19.6 Å². The zero-order valence-corrected chi connectivity index (χ0v) is 18.0. The van der Waals surface area contributed by atoms with E-state index in [0.717, 1.165) is 0 Å². The molecule has 0 aliphatic heterocycles. The molecule has 0 saturated heterocycles. The number of hydrogen-bond acceptors (Lipinski definition) is 1. The molecule has 0 atom stereocenters. The van der Waals surface area contributed by atoms with E-state index < -0.39 is 0 Å². The molecule has 0 radical (unpaired) electrons. The largest absolute Gasteiger partial charge is 0.303 e. The Bertz CT molecular complexity index is 243. The summed E-state index contributed by atoms with van der Waals surface area (Å²) < 4.78 is 0. The van der Waals surface area contributed by atoms with E-state index in [9.17, 15) is 0 Å². The summed E-state index contributed by atoms with van der Waals surface area (Å²) in [5.41, 5.74) is 0. The number of hydrogen-bond donors (Lipinski definition) is 0. The van der Waals surface area contributed by atoms with Gasteiger partial charge in [0.1, 0.15) is 0 Å². The minimum absolute atomic E-state index is 1.25. The average Bonchev–Trinajstić information content (AvgIpc) is 2.63. The molecule has 0 aromatic heterocycles. The predicted octanol–water partition coefficient (Wildman–Crippen LogP) is 8.15. The van der Waals surface area contributed by atoms with Crippen LogP contribution in [-0.4, -0.2) is 24.5 Å². The molecule has 0 rings (SSSR count). The van der Waals surface area contributed by atoms with Crippen molar-refractivity contribution in [2.45, 2.75) is 124 Å². The third-order valence-corrected chi connectivity index (χ3v) is 5.12. The maximum atomic E-state index is 2.76. The monoisotopic (exact) mass is 351 g/mol. The average molecular weight is 352 g/mol. The summed E-state index contributed by atoms with van der Waals surface area (Å²) in [4.78, 5) is 2.76. The molecule has 0 fully saturated rings. The normalized spacial score (nSPS) is 11.8. The van der Waals surface area contributed by atoms with Crippen LogP contribution in [0.2, 0.25) is 0 Å². The van der Waals surface area contributed by atoms with Crippen molar-refractivity contribution in [2.24, 2.45) is 0 Å². The predicted molar refractivity (Wildman–Crippen MR) is 116 cm³/mol. The lowest BCUT2D eigenvalue weighted by Gasteiger charge is -2.22. The second-order valence-electron chi connectivity index (χ2n) is 7.78. The molecule has 150 valence electrons. The van der Waals surface area contributed by atoms with Gasteiger partial charge in [-0.05, 0) is 51.7 Å². The van der Waals surface area contributed by atoms with Crippen LogP contribution in [0.3, 0.4) is 0 Å². The second-order valence-corrected chi connectivity index (χ2v) is 7.78. The van der Waals surface area contributed by atoms with E-state index in [-0.39, 0.29) is 0 Å². The van der Waals surface area contributed by atoms with Crippen molar-refractivity contribution in [3.8, 4) is 0 Å². The summed E-state index contributed by atoms with van der Waals surface area (Å²) in [5.74, 6) is 0. The smallest absolute Gasteiger partial charge is 0.00158 e. The summed E-state index contributed by atoms with van der Waals surface area (Å²) in [6, 6.07) is 0. The van der Waals surface area contributed by atoms with Crippen molar-refractivity contribution in [1.82, 2.24) is 4.90 Å². The van der Waals surface area contributed by atoms with Crippen LogP contribution in [0.5, 0.6) is 0 Å². The van der Waals surface area contributed by atoms with E-state index in [0.29, 0.717) is 0 Å². The lowest BCUT2D eigenvalue weighted by molar-refractivity contribution is 0.258. The Kier molecular flexibility index (Phi) is 21.5. The summed E-state index contributed by atoms with van der Waals surface area (Å²) in [7, 11) is 0. The van der Waals surface area contributed by atoms with Crippen LogP contribution in [0.4, 0.5) is 0 Å². The van der Waals surface area contributed by atoms with Crippen molar-refractivity contribution in [3.05, 3.63) is 12.2 Å². The lowest BCUT2D eigenvalue weighted by Crippen LogP contribution is -2.27. The van der Waals surface area contributed by atoms with Crippen molar-refractivity contribution < 1.29 is 0 Å². The molecule has 0 N–H and O–H groups in total. The molecule has 25 heavy (non-hydrogen) atoms. The summed E-state index contributed by atoms with van der Waals surface area (Å²) in [6.07, 6.45) is 26.9. The van der Waals surface area contributed by atoms with Gasteiger partial charge < -0.3 is 4.90 Å². The summed E-state index contributed by atoms with van der Waals surface area (Å²) >= 11 is 0. The first-order chi connectivity index (χ1) is 12.3. The number of nitrogens with zero attached hydrogens (tertiary/aromatic N) is 1. The van der Waals surface area contributed by atoms with Crippen molar-refractivity contribution in [1.29, 1.82) is 0 Å². The van der Waals surface area contributed by atoms with Gasteiger partial charge in [0, 0.05) is 0 Å². The Balaban J connectivity index is 3.83. The highest BCUT2D eigenvalue weighted by molar-refractivity contribution is 4.81. The fourth-order valence-electron chi connectivity index (χ4n) is 3.40. The first-order valence-corrected chi connectivity index (χ1v) is 11.7. The van der Waals surface area contributed by atoms with Crippen molar-refractivity contribution >= 4 is 0 Å². The molecule has 1 heteroatoms. The van der Waals surface area contributed by atoms with Crippen LogP contribution >= 0.6 is 0 Å². The quantitative estimate of drug-likeness (QED) is 0.158. The standard InChI is InChI=1S/C24H49N/c1-4-7-10-13-16-19-22-25(23-20-17-14-11-8-5-2)24-21-18-15-12-9-6-3/h10,13H,4-9,11-12,14-24H2,1-3H3/b13-10+. The number of unbranched alkanes of at least 4 members (excludes halogenated alkanes) is 12. The van der Waals surface area contributed by atoms with Gasteiger partial charge in [0.2, 0.25) is 0 Å². The van der Waals surface area contributed by atoms with E-state index in [2.05, 4.69) is 37.8 Å². The maximum absolute atomic E-state index is 2.76. The van der Waals surface area contributed by atoms with Gasteiger partial charge in [0.05, 0.1) is 0 Å². The highest BCUT2D eigenvalue weighted by atomic mass is 15.1. The molecule has 0 saturated carbocycles. The van der Waals surface area contributed by atoms with Crippen LogP contribution < -0.4 is 0 Å². The highest BCUT2D eigenvalue weighted by Crippen LogP contribution is 2.10. The fourth-order valence-corrected chi connectivity index (χ4v) is 3.40. The second kappa shape index (κ2) is 21.7. The summed E-state index contributed by atoms with van der Waals surface area (Å²) in [6.45, 7) is 10.8. The molecule has 0 amide bonds. The van der Waals surface area contributed by atoms with Crippen LogP contribution in [0.15, 0.2) is 12.2 Å². The third-order valence-electron chi connectivity index (χ3n) is 5.12. The topological polar surface area (TPSA) is 3.24 Å². The summed E-state index contributed by atoms with van der Waals surface area (Å²) in [5, 5.41) is 0. The third kappa shape index (κ3) is 19.9. The molecule has 0 aromatic rings. The maximum Gasteiger partial charge on any atom is -0.00158 e. The van der Waals surface area contributed by atoms with Gasteiger partial charge in [-0.3, -0.25) is 0 Å². The van der Waals surface area contributed by atoms with Gasteiger partial charge in [-0.25, -0.2) is 0 Å². The molecular weight excluding hydrogens is 302 g/mol. The van der Waals surface area contributed by atoms with E-state index in [1.165, 1.54) is 122 Å². The van der Waals surface area contributed by atoms with Gasteiger partial charge in [-0.15, -0.1) is 0 Å². The zero-order valence-electron chi connectivity index (χ0n) is 18.0. The van der Waals surface area contributed by atoms with Crippen LogP contribution in [0.25, 0.3) is 0 Å². The lowest BCUT2D eigenvalue weighted by atomic mass is 10.1. The first-order valence-electron chi connectivity index (χ1n) is 11.7. The Morgan fingerprint density at radius 2 is 0.880 bits per heavy atom. The highest BCUT2D eigenvalue weighted by Gasteiger charge is 2.04. The Hall–Kier alpha value is -0.300. The van der Waals surface area contributed by atoms with Gasteiger partial charge in [0.15, 0.2) is 0 Å². The van der Waals surface area contributed by atoms with Crippen molar-refractivity contribution in [3.63, 3.8) is 0 Å². The molecular formula is C24H49N. The number of allylic oxidation sites excluding steroid dienone is 2. The van der Waals surface area contributed by atoms with E-state index in [1.54, 1.807) is 0 Å². The molecule has 0 aliphatic rings. The number of rotatable bonds is 20. The van der Waals surface area contributed by atoms with Gasteiger partial charge in [-0.2, -0.15) is 0 Å². The van der Waals surface area contributed by atoms with Crippen LogP contribution in [-0.2, 0) is 0 Å². The minimum Gasteiger partial charge on any atom is -0.303 e. The SMILES string of the molecule is CCC/C=C/CCCN(CCCCCCCC)CCCCCCCC. The van der Waals surface area contributed by atoms with E-state index >= 15 is 0 Å². The Labute approximate surface area is 160 Å². The van der Waals surface area contributed by atoms with Gasteiger partial charge >= 0.3 is 0 Å². The molecule has 0 aliphatic carbocycles. The minimum atomic E-state index is 1.25. The molecule has 0 bridgehead atoms.